The number of benzene rings is 1. The summed E-state index contributed by atoms with van der Waals surface area (Å²) in [5.41, 5.74) is 6.64. The topological polar surface area (TPSA) is 103 Å². The number of H-pyrrole nitrogens is 1. The van der Waals surface area contributed by atoms with Gasteiger partial charge in [-0.2, -0.15) is 10.4 Å². The van der Waals surface area contributed by atoms with Crippen LogP contribution in [0.25, 0.3) is 22.4 Å². The number of hydrogen-bond donors (Lipinski definition) is 2. The van der Waals surface area contributed by atoms with E-state index in [-0.39, 0.29) is 6.04 Å². The maximum atomic E-state index is 9.28. The maximum absolute atomic E-state index is 9.28. The van der Waals surface area contributed by atoms with Gasteiger partial charge in [-0.25, -0.2) is 4.98 Å². The van der Waals surface area contributed by atoms with Crippen LogP contribution in [0.1, 0.15) is 41.3 Å². The minimum atomic E-state index is 0.119. The van der Waals surface area contributed by atoms with Gasteiger partial charge in [-0.15, -0.1) is 0 Å². The van der Waals surface area contributed by atoms with Crippen LogP contribution in [-0.2, 0) is 6.42 Å². The lowest BCUT2D eigenvalue weighted by molar-refractivity contribution is 0.570. The molecule has 1 aliphatic carbocycles. The molecular formula is C21H18N6O. The summed E-state index contributed by atoms with van der Waals surface area (Å²) in [6.07, 6.45) is 7.80. The van der Waals surface area contributed by atoms with Crippen LogP contribution in [0.15, 0.2) is 41.4 Å². The number of rotatable bonds is 3. The zero-order chi connectivity index (χ0) is 19.1. The smallest absolute Gasteiger partial charge is 0.181 e. The van der Waals surface area contributed by atoms with Gasteiger partial charge in [0.15, 0.2) is 12.2 Å². The van der Waals surface area contributed by atoms with E-state index in [1.165, 1.54) is 12.0 Å². The zero-order valence-corrected chi connectivity index (χ0v) is 15.4. The number of aromatic nitrogens is 4. The molecule has 0 radical (unpaired) electrons. The molecule has 0 bridgehead atoms. The number of aromatic amines is 1. The summed E-state index contributed by atoms with van der Waals surface area (Å²) in [4.78, 5) is 8.59. The molecule has 0 amide bonds. The van der Waals surface area contributed by atoms with Crippen LogP contribution in [0.4, 0.5) is 5.69 Å². The molecule has 1 unspecified atom stereocenters. The molecule has 28 heavy (non-hydrogen) atoms. The van der Waals surface area contributed by atoms with Crippen molar-refractivity contribution in [3.8, 4) is 17.5 Å². The average molecular weight is 370 g/mol. The van der Waals surface area contributed by atoms with Crippen molar-refractivity contribution in [2.45, 2.75) is 32.2 Å². The zero-order valence-electron chi connectivity index (χ0n) is 15.4. The molecule has 3 aromatic heterocycles. The summed E-state index contributed by atoms with van der Waals surface area (Å²) in [6.45, 7) is 2.02. The second-order valence-corrected chi connectivity index (χ2v) is 7.06. The second kappa shape index (κ2) is 6.50. The van der Waals surface area contributed by atoms with Gasteiger partial charge >= 0.3 is 0 Å². The third-order valence-electron chi connectivity index (χ3n) is 5.44. The van der Waals surface area contributed by atoms with Gasteiger partial charge in [-0.1, -0.05) is 0 Å². The Morgan fingerprint density at radius 3 is 3.07 bits per heavy atom. The molecular weight excluding hydrogens is 352 g/mol. The Bertz CT molecular complexity index is 1200. The van der Waals surface area contributed by atoms with Gasteiger partial charge in [0.1, 0.15) is 11.8 Å². The third kappa shape index (κ3) is 2.62. The van der Waals surface area contributed by atoms with Crippen molar-refractivity contribution in [1.29, 1.82) is 5.26 Å². The molecule has 2 N–H and O–H groups in total. The number of pyridine rings is 1. The van der Waals surface area contributed by atoms with Crippen molar-refractivity contribution in [1.82, 2.24) is 20.2 Å². The quantitative estimate of drug-likeness (QED) is 0.558. The van der Waals surface area contributed by atoms with Crippen LogP contribution in [0.3, 0.4) is 0 Å². The van der Waals surface area contributed by atoms with E-state index in [2.05, 4.69) is 37.6 Å². The van der Waals surface area contributed by atoms with Crippen molar-refractivity contribution in [3.63, 3.8) is 0 Å². The van der Waals surface area contributed by atoms with Crippen LogP contribution in [0.2, 0.25) is 0 Å². The Morgan fingerprint density at radius 2 is 2.25 bits per heavy atom. The highest BCUT2D eigenvalue weighted by atomic mass is 16.3. The Labute approximate surface area is 161 Å². The number of hydrogen-bond acceptors (Lipinski definition) is 6. The number of anilines is 1. The first kappa shape index (κ1) is 16.5. The molecule has 0 aliphatic heterocycles. The fraction of sp³-hybridized carbons (Fsp3) is 0.238. The first-order valence-electron chi connectivity index (χ1n) is 9.26. The molecule has 1 aliphatic rings. The number of nitriles is 1. The Hall–Kier alpha value is -3.66. The van der Waals surface area contributed by atoms with Gasteiger partial charge < -0.3 is 9.73 Å². The van der Waals surface area contributed by atoms with Gasteiger partial charge in [0.2, 0.25) is 0 Å². The van der Waals surface area contributed by atoms with E-state index in [4.69, 9.17) is 4.42 Å². The Balaban J connectivity index is 1.51. The fourth-order valence-corrected chi connectivity index (χ4v) is 3.98. The van der Waals surface area contributed by atoms with E-state index in [1.54, 1.807) is 12.4 Å². The summed E-state index contributed by atoms with van der Waals surface area (Å²) < 4.78 is 5.41. The third-order valence-corrected chi connectivity index (χ3v) is 5.44. The van der Waals surface area contributed by atoms with E-state index < -0.39 is 0 Å². The highest BCUT2D eigenvalue weighted by Gasteiger charge is 2.24. The summed E-state index contributed by atoms with van der Waals surface area (Å²) in [7, 11) is 0. The van der Waals surface area contributed by atoms with Crippen molar-refractivity contribution in [2.75, 3.05) is 5.32 Å². The minimum absolute atomic E-state index is 0.119. The van der Waals surface area contributed by atoms with E-state index in [0.717, 1.165) is 52.8 Å². The van der Waals surface area contributed by atoms with E-state index >= 15 is 0 Å². The van der Waals surface area contributed by atoms with Crippen LogP contribution in [0.5, 0.6) is 0 Å². The Kier molecular flexibility index (Phi) is 3.83. The first-order valence-corrected chi connectivity index (χ1v) is 9.26. The van der Waals surface area contributed by atoms with Crippen LogP contribution < -0.4 is 5.32 Å². The average Bonchev–Trinajstić information content (AvgIpc) is 3.38. The predicted molar refractivity (Wildman–Crippen MR) is 105 cm³/mol. The molecule has 1 atom stereocenters. The monoisotopic (exact) mass is 370 g/mol. The highest BCUT2D eigenvalue weighted by Crippen LogP contribution is 2.35. The van der Waals surface area contributed by atoms with Gasteiger partial charge in [-0.3, -0.25) is 10.1 Å². The molecule has 3 heterocycles. The van der Waals surface area contributed by atoms with Crippen molar-refractivity contribution in [2.24, 2.45) is 0 Å². The van der Waals surface area contributed by atoms with E-state index in [0.29, 0.717) is 11.3 Å². The number of fused-ring (bicyclic) bond motifs is 2. The highest BCUT2D eigenvalue weighted by molar-refractivity contribution is 5.93. The van der Waals surface area contributed by atoms with E-state index in [1.807, 2.05) is 19.1 Å². The lowest BCUT2D eigenvalue weighted by Gasteiger charge is -2.27. The van der Waals surface area contributed by atoms with Crippen molar-refractivity contribution < 1.29 is 4.42 Å². The molecule has 0 fully saturated rings. The SMILES string of the molecule is Cc1c(C#N)cnc2c1CCCC2Nc1ccc2[nH]nc(-c3cnco3)c2c1. The van der Waals surface area contributed by atoms with Crippen LogP contribution in [0, 0.1) is 18.3 Å². The van der Waals surface area contributed by atoms with Gasteiger partial charge in [0.25, 0.3) is 0 Å². The predicted octanol–water partition coefficient (Wildman–Crippen LogP) is 4.28. The standard InChI is InChI=1S/C21H18N6O/c1-12-13(8-22)9-24-20-15(12)3-2-4-18(20)25-14-5-6-17-16(7-14)21(27-26-17)19-10-23-11-28-19/h5-7,9-11,18,25H,2-4H2,1H3,(H,26,27). The van der Waals surface area contributed by atoms with Crippen LogP contribution in [-0.4, -0.2) is 20.2 Å². The fourth-order valence-electron chi connectivity index (χ4n) is 3.98. The molecule has 4 aromatic rings. The van der Waals surface area contributed by atoms with Gasteiger partial charge in [0.05, 0.1) is 29.0 Å². The summed E-state index contributed by atoms with van der Waals surface area (Å²) >= 11 is 0. The molecule has 0 saturated heterocycles. The van der Waals surface area contributed by atoms with Crippen molar-refractivity contribution >= 4 is 16.6 Å². The molecule has 0 saturated carbocycles. The minimum Gasteiger partial charge on any atom is -0.442 e. The van der Waals surface area contributed by atoms with E-state index in [9.17, 15) is 5.26 Å². The number of oxazole rings is 1. The van der Waals surface area contributed by atoms with Crippen LogP contribution >= 0.6 is 0 Å². The summed E-state index contributed by atoms with van der Waals surface area (Å²) in [5.74, 6) is 0.632. The maximum Gasteiger partial charge on any atom is 0.181 e. The van der Waals surface area contributed by atoms with Gasteiger partial charge in [-0.05, 0) is 55.5 Å². The molecule has 0 spiro atoms. The normalized spacial score (nSPS) is 15.9. The number of nitrogens with zero attached hydrogens (tertiary/aromatic N) is 4. The lowest BCUT2D eigenvalue weighted by atomic mass is 9.87. The largest absolute Gasteiger partial charge is 0.442 e. The number of nitrogens with one attached hydrogen (secondary N) is 2. The second-order valence-electron chi connectivity index (χ2n) is 7.06. The lowest BCUT2D eigenvalue weighted by Crippen LogP contribution is -2.20. The molecule has 7 nitrogen and oxygen atoms in total. The van der Waals surface area contributed by atoms with Gasteiger partial charge in [0, 0.05) is 17.3 Å². The summed E-state index contributed by atoms with van der Waals surface area (Å²) in [6, 6.07) is 8.47. The van der Waals surface area contributed by atoms with Crippen molar-refractivity contribution in [3.05, 3.63) is 59.4 Å². The molecule has 5 rings (SSSR count). The Morgan fingerprint density at radius 1 is 1.32 bits per heavy atom. The first-order chi connectivity index (χ1) is 13.7. The molecule has 138 valence electrons. The molecule has 1 aromatic carbocycles. The molecule has 7 heteroatoms. The summed E-state index contributed by atoms with van der Waals surface area (Å²) in [5, 5.41) is 21.3.